The van der Waals surface area contributed by atoms with Crippen LogP contribution in [0.5, 0.6) is 0 Å². The van der Waals surface area contributed by atoms with Gasteiger partial charge in [-0.05, 0) is 31.9 Å². The fourth-order valence-corrected chi connectivity index (χ4v) is 3.56. The van der Waals surface area contributed by atoms with Crippen LogP contribution in [0.4, 0.5) is 0 Å². The third-order valence-corrected chi connectivity index (χ3v) is 5.32. The minimum absolute atomic E-state index is 0.0507. The molecule has 5 nitrogen and oxygen atoms in total. The number of hydrogen-bond donors (Lipinski definition) is 1. The molecule has 0 aliphatic heterocycles. The van der Waals surface area contributed by atoms with E-state index >= 15 is 0 Å². The van der Waals surface area contributed by atoms with Crippen molar-refractivity contribution in [2.75, 3.05) is 0 Å². The molecule has 0 heterocycles. The monoisotopic (exact) mass is 296 g/mol. The van der Waals surface area contributed by atoms with Gasteiger partial charge in [-0.1, -0.05) is 37.0 Å². The summed E-state index contributed by atoms with van der Waals surface area (Å²) >= 11 is 0. The van der Waals surface area contributed by atoms with Gasteiger partial charge in [-0.2, -0.15) is 12.8 Å². The first-order chi connectivity index (χ1) is 9.43. The van der Waals surface area contributed by atoms with Crippen molar-refractivity contribution in [2.45, 2.75) is 43.9 Å². The molecule has 2 N–H and O–H groups in total. The third-order valence-electron chi connectivity index (χ3n) is 3.75. The van der Waals surface area contributed by atoms with Gasteiger partial charge in [0.25, 0.3) is 15.9 Å². The molecule has 6 heteroatoms. The Hall–Kier alpha value is -1.40. The number of amides is 1. The molecule has 0 saturated heterocycles. The van der Waals surface area contributed by atoms with Gasteiger partial charge in [0.15, 0.2) is 0 Å². The maximum atomic E-state index is 12.3. The first kappa shape index (κ1) is 15.0. The molecule has 2 rings (SSSR count). The van der Waals surface area contributed by atoms with E-state index in [0.717, 1.165) is 37.7 Å². The second-order valence-corrected chi connectivity index (χ2v) is 7.10. The first-order valence-electron chi connectivity index (χ1n) is 6.83. The topological polar surface area (TPSA) is 80.5 Å². The summed E-state index contributed by atoms with van der Waals surface area (Å²) in [6.07, 6.45) is 4.44. The fourth-order valence-electron chi connectivity index (χ4n) is 2.47. The summed E-state index contributed by atoms with van der Waals surface area (Å²) in [5.41, 5.74) is 0.950. The SMILES string of the molecule is Cc1ccc(S(=O)(=O)N(N)C(=O)C2CCCCC2)cc1. The standard InChI is InChI=1S/C14H20N2O3S/c1-11-7-9-13(10-8-11)20(18,19)16(15)14(17)12-5-3-2-4-6-12/h7-10,12H,2-6,15H2,1H3. The second-order valence-electron chi connectivity index (χ2n) is 5.29. The van der Waals surface area contributed by atoms with E-state index in [9.17, 15) is 13.2 Å². The van der Waals surface area contributed by atoms with Crippen LogP contribution >= 0.6 is 0 Å². The molecule has 110 valence electrons. The molecule has 1 aliphatic carbocycles. The maximum Gasteiger partial charge on any atom is 0.280 e. The smallest absolute Gasteiger partial charge is 0.272 e. The van der Waals surface area contributed by atoms with Crippen molar-refractivity contribution in [2.24, 2.45) is 11.8 Å². The lowest BCUT2D eigenvalue weighted by Gasteiger charge is -2.25. The highest BCUT2D eigenvalue weighted by Gasteiger charge is 2.32. The predicted molar refractivity (Wildman–Crippen MR) is 76.0 cm³/mol. The highest BCUT2D eigenvalue weighted by atomic mass is 32.2. The Morgan fingerprint density at radius 1 is 1.15 bits per heavy atom. The summed E-state index contributed by atoms with van der Waals surface area (Å²) in [5.74, 6) is 4.83. The lowest BCUT2D eigenvalue weighted by Crippen LogP contribution is -2.46. The Kier molecular flexibility index (Phi) is 4.45. The van der Waals surface area contributed by atoms with E-state index in [2.05, 4.69) is 0 Å². The van der Waals surface area contributed by atoms with E-state index in [1.807, 2.05) is 6.92 Å². The molecule has 1 aliphatic rings. The van der Waals surface area contributed by atoms with Crippen LogP contribution in [0.15, 0.2) is 29.2 Å². The van der Waals surface area contributed by atoms with Crippen LogP contribution in [0.2, 0.25) is 0 Å². The average molecular weight is 296 g/mol. The molecule has 0 aromatic heterocycles. The number of benzene rings is 1. The molecule has 1 fully saturated rings. The number of carbonyl (C=O) groups is 1. The third kappa shape index (κ3) is 3.02. The summed E-state index contributed by atoms with van der Waals surface area (Å²) in [4.78, 5) is 12.3. The van der Waals surface area contributed by atoms with E-state index in [-0.39, 0.29) is 10.8 Å². The second kappa shape index (κ2) is 5.93. The quantitative estimate of drug-likeness (QED) is 0.525. The van der Waals surface area contributed by atoms with E-state index in [4.69, 9.17) is 5.84 Å². The lowest BCUT2D eigenvalue weighted by molar-refractivity contribution is -0.131. The molecule has 20 heavy (non-hydrogen) atoms. The summed E-state index contributed by atoms with van der Waals surface area (Å²) in [6, 6.07) is 6.31. The summed E-state index contributed by atoms with van der Waals surface area (Å²) < 4.78 is 25.0. The van der Waals surface area contributed by atoms with Crippen molar-refractivity contribution in [1.82, 2.24) is 4.41 Å². The Morgan fingerprint density at radius 3 is 2.25 bits per heavy atom. The Labute approximate surface area is 119 Å². The highest BCUT2D eigenvalue weighted by molar-refractivity contribution is 7.89. The van der Waals surface area contributed by atoms with Crippen molar-refractivity contribution in [3.05, 3.63) is 29.8 Å². The van der Waals surface area contributed by atoms with Crippen molar-refractivity contribution in [1.29, 1.82) is 0 Å². The number of carbonyl (C=O) groups excluding carboxylic acids is 1. The van der Waals surface area contributed by atoms with E-state index in [0.29, 0.717) is 4.41 Å². The molecule has 1 aromatic rings. The average Bonchev–Trinajstić information content (AvgIpc) is 2.47. The predicted octanol–water partition coefficient (Wildman–Crippen LogP) is 1.97. The molecule has 0 spiro atoms. The van der Waals surface area contributed by atoms with Crippen LogP contribution in [0.1, 0.15) is 37.7 Å². The van der Waals surface area contributed by atoms with Crippen LogP contribution in [0.25, 0.3) is 0 Å². The summed E-state index contributed by atoms with van der Waals surface area (Å²) in [7, 11) is -3.94. The van der Waals surface area contributed by atoms with Crippen LogP contribution in [-0.4, -0.2) is 18.7 Å². The first-order valence-corrected chi connectivity index (χ1v) is 8.27. The van der Waals surface area contributed by atoms with Crippen LogP contribution in [0.3, 0.4) is 0 Å². The number of rotatable bonds is 3. The molecule has 0 atom stereocenters. The molecular weight excluding hydrogens is 276 g/mol. The maximum absolute atomic E-state index is 12.3. The fraction of sp³-hybridized carbons (Fsp3) is 0.500. The molecule has 0 bridgehead atoms. The van der Waals surface area contributed by atoms with Gasteiger partial charge in [0.1, 0.15) is 0 Å². The van der Waals surface area contributed by atoms with E-state index in [1.54, 1.807) is 12.1 Å². The largest absolute Gasteiger partial charge is 0.280 e. The van der Waals surface area contributed by atoms with Crippen molar-refractivity contribution in [3.8, 4) is 0 Å². The van der Waals surface area contributed by atoms with Gasteiger partial charge in [0, 0.05) is 5.92 Å². The van der Waals surface area contributed by atoms with Gasteiger partial charge in [-0.25, -0.2) is 5.84 Å². The van der Waals surface area contributed by atoms with Crippen LogP contribution in [0, 0.1) is 12.8 Å². The molecule has 0 radical (unpaired) electrons. The number of nitrogens with zero attached hydrogens (tertiary/aromatic N) is 1. The van der Waals surface area contributed by atoms with Crippen molar-refractivity contribution < 1.29 is 13.2 Å². The zero-order valence-electron chi connectivity index (χ0n) is 11.6. The normalized spacial score (nSPS) is 16.9. The Balaban J connectivity index is 2.20. The number of aryl methyl sites for hydroxylation is 1. The number of nitrogens with two attached hydrogens (primary N) is 1. The van der Waals surface area contributed by atoms with Crippen LogP contribution < -0.4 is 5.84 Å². The minimum atomic E-state index is -3.94. The zero-order chi connectivity index (χ0) is 14.8. The van der Waals surface area contributed by atoms with Gasteiger partial charge in [-0.15, -0.1) is 0 Å². The van der Waals surface area contributed by atoms with Crippen LogP contribution in [-0.2, 0) is 14.8 Å². The highest BCUT2D eigenvalue weighted by Crippen LogP contribution is 2.26. The zero-order valence-corrected chi connectivity index (χ0v) is 12.4. The molecule has 1 saturated carbocycles. The number of sulfonamides is 1. The molecule has 0 unspecified atom stereocenters. The number of hydrazine groups is 1. The summed E-state index contributed by atoms with van der Waals surface area (Å²) in [5, 5.41) is 0. The van der Waals surface area contributed by atoms with Gasteiger partial charge in [0.2, 0.25) is 0 Å². The molecule has 1 amide bonds. The van der Waals surface area contributed by atoms with Gasteiger partial charge in [0.05, 0.1) is 4.90 Å². The molecular formula is C14H20N2O3S. The molecule has 1 aromatic carbocycles. The van der Waals surface area contributed by atoms with Crippen molar-refractivity contribution in [3.63, 3.8) is 0 Å². The van der Waals surface area contributed by atoms with Gasteiger partial charge in [-0.3, -0.25) is 4.79 Å². The summed E-state index contributed by atoms with van der Waals surface area (Å²) in [6.45, 7) is 1.86. The van der Waals surface area contributed by atoms with E-state index in [1.165, 1.54) is 12.1 Å². The van der Waals surface area contributed by atoms with Gasteiger partial charge >= 0.3 is 0 Å². The Bertz CT molecular complexity index is 575. The minimum Gasteiger partial charge on any atom is -0.272 e. The van der Waals surface area contributed by atoms with E-state index < -0.39 is 15.9 Å². The number of hydrogen-bond acceptors (Lipinski definition) is 4. The Morgan fingerprint density at radius 2 is 1.70 bits per heavy atom. The van der Waals surface area contributed by atoms with Crippen molar-refractivity contribution >= 4 is 15.9 Å². The lowest BCUT2D eigenvalue weighted by atomic mass is 9.89. The van der Waals surface area contributed by atoms with Gasteiger partial charge < -0.3 is 0 Å².